The molecule has 19 heavy (non-hydrogen) atoms. The van der Waals surface area contributed by atoms with Crippen LogP contribution in [0.4, 0.5) is 5.69 Å². The Morgan fingerprint density at radius 3 is 2.79 bits per heavy atom. The third-order valence-corrected chi connectivity index (χ3v) is 4.03. The van der Waals surface area contributed by atoms with Crippen LogP contribution in [-0.2, 0) is 10.0 Å². The summed E-state index contributed by atoms with van der Waals surface area (Å²) in [5.41, 5.74) is 0.555. The lowest BCUT2D eigenvalue weighted by Gasteiger charge is -2.09. The Labute approximate surface area is 114 Å². The summed E-state index contributed by atoms with van der Waals surface area (Å²) in [6.45, 7) is 1.73. The normalized spacial score (nSPS) is 11.3. The Morgan fingerprint density at radius 2 is 2.16 bits per heavy atom. The highest BCUT2D eigenvalue weighted by Gasteiger charge is 2.16. The second kappa shape index (κ2) is 5.02. The third-order valence-electron chi connectivity index (χ3n) is 2.41. The molecule has 0 spiro atoms. The summed E-state index contributed by atoms with van der Waals surface area (Å²) in [7, 11) is -3.81. The van der Waals surface area contributed by atoms with E-state index in [0.717, 1.165) is 12.3 Å². The minimum Gasteiger partial charge on any atom is -0.326 e. The maximum Gasteiger partial charge on any atom is 0.266 e. The molecule has 6 nitrogen and oxygen atoms in total. The van der Waals surface area contributed by atoms with Gasteiger partial charge in [-0.1, -0.05) is 11.6 Å². The van der Waals surface area contributed by atoms with E-state index in [1.165, 1.54) is 12.4 Å². The number of hydrogen-bond donors (Lipinski definition) is 2. The Hall–Kier alpha value is -1.86. The molecule has 100 valence electrons. The van der Waals surface area contributed by atoms with E-state index >= 15 is 0 Å². The van der Waals surface area contributed by atoms with Gasteiger partial charge in [0.2, 0.25) is 0 Å². The molecule has 2 heterocycles. The molecule has 0 saturated heterocycles. The molecule has 2 aromatic heterocycles. The number of rotatable bonds is 3. The van der Waals surface area contributed by atoms with Gasteiger partial charge in [0.25, 0.3) is 15.6 Å². The topological polar surface area (TPSA) is 91.9 Å². The summed E-state index contributed by atoms with van der Waals surface area (Å²) in [4.78, 5) is 17.1. The highest BCUT2D eigenvalue weighted by molar-refractivity contribution is 7.92. The second-order valence-electron chi connectivity index (χ2n) is 3.81. The molecule has 0 aliphatic heterocycles. The second-order valence-corrected chi connectivity index (χ2v) is 5.90. The van der Waals surface area contributed by atoms with Crippen LogP contribution in [0.1, 0.15) is 5.56 Å². The number of pyridine rings is 2. The summed E-state index contributed by atoms with van der Waals surface area (Å²) in [6.07, 6.45) is 4.11. The average Bonchev–Trinajstić information content (AvgIpc) is 2.35. The monoisotopic (exact) mass is 299 g/mol. The number of aromatic amines is 1. The quantitative estimate of drug-likeness (QED) is 0.899. The number of sulfonamides is 1. The SMILES string of the molecule is Cc1cnccc1NS(=O)(=O)c1c[nH]c(=O)c(Cl)c1. The van der Waals surface area contributed by atoms with Crippen molar-refractivity contribution < 1.29 is 8.42 Å². The van der Waals surface area contributed by atoms with Crippen molar-refractivity contribution in [2.75, 3.05) is 4.72 Å². The Morgan fingerprint density at radius 1 is 1.42 bits per heavy atom. The van der Waals surface area contributed by atoms with Crippen LogP contribution in [0.15, 0.2) is 40.4 Å². The van der Waals surface area contributed by atoms with E-state index in [2.05, 4.69) is 14.7 Å². The maximum atomic E-state index is 12.1. The molecule has 0 aliphatic carbocycles. The molecule has 0 unspecified atom stereocenters. The van der Waals surface area contributed by atoms with Gasteiger partial charge in [0.1, 0.15) is 9.92 Å². The lowest BCUT2D eigenvalue weighted by atomic mass is 10.3. The van der Waals surface area contributed by atoms with E-state index < -0.39 is 15.6 Å². The Kier molecular flexibility index (Phi) is 3.59. The zero-order valence-corrected chi connectivity index (χ0v) is 11.4. The summed E-state index contributed by atoms with van der Waals surface area (Å²) in [6, 6.07) is 2.64. The molecule has 0 bridgehead atoms. The molecule has 0 atom stereocenters. The molecule has 0 amide bonds. The fourth-order valence-corrected chi connectivity index (χ4v) is 2.74. The number of aryl methyl sites for hydroxylation is 1. The van der Waals surface area contributed by atoms with Crippen molar-refractivity contribution >= 4 is 27.3 Å². The number of halogens is 1. The first-order valence-electron chi connectivity index (χ1n) is 5.22. The van der Waals surface area contributed by atoms with Gasteiger partial charge in [0.15, 0.2) is 0 Å². The van der Waals surface area contributed by atoms with Gasteiger partial charge in [0.05, 0.1) is 5.69 Å². The molecule has 2 rings (SSSR count). The highest BCUT2D eigenvalue weighted by atomic mass is 35.5. The minimum atomic E-state index is -3.81. The van der Waals surface area contributed by atoms with E-state index in [1.807, 2.05) is 0 Å². The van der Waals surface area contributed by atoms with Crippen molar-refractivity contribution in [2.45, 2.75) is 11.8 Å². The highest BCUT2D eigenvalue weighted by Crippen LogP contribution is 2.18. The van der Waals surface area contributed by atoms with Crippen LogP contribution >= 0.6 is 11.6 Å². The lowest BCUT2D eigenvalue weighted by molar-refractivity contribution is 0.600. The number of aromatic nitrogens is 2. The van der Waals surface area contributed by atoms with Crippen LogP contribution in [0, 0.1) is 6.92 Å². The van der Waals surface area contributed by atoms with Crippen molar-refractivity contribution in [3.63, 3.8) is 0 Å². The lowest BCUT2D eigenvalue weighted by Crippen LogP contribution is -2.16. The van der Waals surface area contributed by atoms with Crippen molar-refractivity contribution in [2.24, 2.45) is 0 Å². The van der Waals surface area contributed by atoms with Crippen LogP contribution in [0.25, 0.3) is 0 Å². The zero-order chi connectivity index (χ0) is 14.0. The van der Waals surface area contributed by atoms with Gasteiger partial charge in [-0.3, -0.25) is 14.5 Å². The van der Waals surface area contributed by atoms with Gasteiger partial charge in [0, 0.05) is 18.6 Å². The van der Waals surface area contributed by atoms with Gasteiger partial charge in [-0.05, 0) is 24.6 Å². The number of anilines is 1. The molecule has 8 heteroatoms. The Bertz CT molecular complexity index is 771. The number of nitrogens with zero attached hydrogens (tertiary/aromatic N) is 1. The molecular weight excluding hydrogens is 290 g/mol. The molecule has 2 aromatic rings. The molecule has 0 fully saturated rings. The molecule has 2 N–H and O–H groups in total. The fraction of sp³-hybridized carbons (Fsp3) is 0.0909. The summed E-state index contributed by atoms with van der Waals surface area (Å²) in [5, 5.41) is -0.186. The van der Waals surface area contributed by atoms with Crippen LogP contribution in [0.3, 0.4) is 0 Å². The van der Waals surface area contributed by atoms with Crippen molar-refractivity contribution in [3.8, 4) is 0 Å². The van der Waals surface area contributed by atoms with E-state index in [4.69, 9.17) is 11.6 Å². The predicted molar refractivity (Wildman–Crippen MR) is 71.9 cm³/mol. The van der Waals surface area contributed by atoms with Crippen LogP contribution < -0.4 is 10.3 Å². The average molecular weight is 300 g/mol. The van der Waals surface area contributed by atoms with Gasteiger partial charge >= 0.3 is 0 Å². The van der Waals surface area contributed by atoms with Crippen molar-refractivity contribution in [1.82, 2.24) is 9.97 Å². The van der Waals surface area contributed by atoms with E-state index in [9.17, 15) is 13.2 Å². The van der Waals surface area contributed by atoms with Crippen LogP contribution in [-0.4, -0.2) is 18.4 Å². The van der Waals surface area contributed by atoms with Gasteiger partial charge < -0.3 is 4.98 Å². The van der Waals surface area contributed by atoms with Gasteiger partial charge in [-0.2, -0.15) is 0 Å². The van der Waals surface area contributed by atoms with Gasteiger partial charge in [-0.15, -0.1) is 0 Å². The first-order chi connectivity index (χ1) is 8.90. The number of nitrogens with one attached hydrogen (secondary N) is 2. The molecule has 0 aliphatic rings. The zero-order valence-electron chi connectivity index (χ0n) is 9.84. The molecule has 0 radical (unpaired) electrons. The minimum absolute atomic E-state index is 0.117. The van der Waals surface area contributed by atoms with E-state index in [0.29, 0.717) is 11.3 Å². The number of H-pyrrole nitrogens is 1. The van der Waals surface area contributed by atoms with Crippen molar-refractivity contribution in [1.29, 1.82) is 0 Å². The largest absolute Gasteiger partial charge is 0.326 e. The first-order valence-corrected chi connectivity index (χ1v) is 7.08. The van der Waals surface area contributed by atoms with Gasteiger partial charge in [-0.25, -0.2) is 8.42 Å². The Balaban J connectivity index is 2.41. The first kappa shape index (κ1) is 13.6. The maximum absolute atomic E-state index is 12.1. The third kappa shape index (κ3) is 2.94. The predicted octanol–water partition coefficient (Wildman–Crippen LogP) is 1.53. The summed E-state index contributed by atoms with van der Waals surface area (Å²) < 4.78 is 26.6. The molecule has 0 aromatic carbocycles. The smallest absolute Gasteiger partial charge is 0.266 e. The van der Waals surface area contributed by atoms with Crippen molar-refractivity contribution in [3.05, 3.63) is 51.7 Å². The summed E-state index contributed by atoms with van der Waals surface area (Å²) >= 11 is 5.61. The van der Waals surface area contributed by atoms with Crippen LogP contribution in [0.5, 0.6) is 0 Å². The van der Waals surface area contributed by atoms with E-state index in [-0.39, 0.29) is 9.92 Å². The molecular formula is C11H10ClN3O3S. The fourth-order valence-electron chi connectivity index (χ4n) is 1.38. The standard InChI is InChI=1S/C11H10ClN3O3S/c1-7-5-13-3-2-10(7)15-19(17,18)8-4-9(12)11(16)14-6-8/h2-6H,1H3,(H,13,15)(H,14,16). The van der Waals surface area contributed by atoms with E-state index in [1.54, 1.807) is 13.0 Å². The molecule has 0 saturated carbocycles. The summed E-state index contributed by atoms with van der Waals surface area (Å²) in [5.74, 6) is 0. The number of hydrogen-bond acceptors (Lipinski definition) is 4. The van der Waals surface area contributed by atoms with Crippen LogP contribution in [0.2, 0.25) is 5.02 Å².